The van der Waals surface area contributed by atoms with Gasteiger partial charge in [-0.25, -0.2) is 0 Å². The molecule has 158 valence electrons. The average molecular weight is 420 g/mol. The zero-order chi connectivity index (χ0) is 22.0. The molecule has 4 heteroatoms. The second kappa shape index (κ2) is 6.67. The Morgan fingerprint density at radius 3 is 2.38 bits per heavy atom. The number of aromatic nitrogens is 2. The van der Waals surface area contributed by atoms with Gasteiger partial charge in [0.05, 0.1) is 11.2 Å². The van der Waals surface area contributed by atoms with E-state index < -0.39 is 0 Å². The van der Waals surface area contributed by atoms with Gasteiger partial charge in [0.1, 0.15) is 5.69 Å². The molecule has 1 aliphatic heterocycles. The van der Waals surface area contributed by atoms with E-state index in [1.54, 1.807) is 0 Å². The molecule has 2 aromatic carbocycles. The zero-order valence-corrected chi connectivity index (χ0v) is 18.6. The van der Waals surface area contributed by atoms with Gasteiger partial charge in [-0.05, 0) is 56.0 Å². The van der Waals surface area contributed by atoms with Crippen LogP contribution < -0.4 is 0 Å². The van der Waals surface area contributed by atoms with Crippen molar-refractivity contribution in [1.29, 1.82) is 0 Å². The molecule has 1 fully saturated rings. The fourth-order valence-corrected chi connectivity index (χ4v) is 5.17. The van der Waals surface area contributed by atoms with Crippen LogP contribution in [0.2, 0.25) is 0 Å². The van der Waals surface area contributed by atoms with Crippen LogP contribution in [0.25, 0.3) is 27.9 Å². The summed E-state index contributed by atoms with van der Waals surface area (Å²) in [6.45, 7) is 4.07. The summed E-state index contributed by atoms with van der Waals surface area (Å²) < 4.78 is 2.10. The van der Waals surface area contributed by atoms with Gasteiger partial charge in [0, 0.05) is 41.3 Å². The van der Waals surface area contributed by atoms with E-state index in [9.17, 15) is 4.79 Å². The summed E-state index contributed by atoms with van der Waals surface area (Å²) in [4.78, 5) is 20.2. The Morgan fingerprint density at radius 1 is 0.875 bits per heavy atom. The van der Waals surface area contributed by atoms with E-state index in [2.05, 4.69) is 65.1 Å². The summed E-state index contributed by atoms with van der Waals surface area (Å²) >= 11 is 0. The topological polar surface area (TPSA) is 38.1 Å². The van der Waals surface area contributed by atoms with Gasteiger partial charge in [-0.1, -0.05) is 48.5 Å². The molecule has 0 bridgehead atoms. The van der Waals surface area contributed by atoms with Gasteiger partial charge in [0.15, 0.2) is 0 Å². The van der Waals surface area contributed by atoms with Gasteiger partial charge in [-0.15, -0.1) is 0 Å². The molecule has 1 amide bonds. The SMILES string of the molecule is Cc1ccc(-c2ccc3c(c2)-n2cc(-c4ccccc4)cc2C(=O)N(C)C32CC2)c(C)n1. The second-order valence-electron chi connectivity index (χ2n) is 9.06. The van der Waals surface area contributed by atoms with Crippen molar-refractivity contribution in [3.63, 3.8) is 0 Å². The van der Waals surface area contributed by atoms with Crippen molar-refractivity contribution >= 4 is 5.91 Å². The zero-order valence-electron chi connectivity index (χ0n) is 18.6. The molecule has 2 aromatic heterocycles. The maximum Gasteiger partial charge on any atom is 0.271 e. The molecular weight excluding hydrogens is 394 g/mol. The summed E-state index contributed by atoms with van der Waals surface area (Å²) in [5.74, 6) is 0.0793. The van der Waals surface area contributed by atoms with Crippen molar-refractivity contribution in [2.24, 2.45) is 0 Å². The van der Waals surface area contributed by atoms with Crippen LogP contribution in [0.1, 0.15) is 40.3 Å². The molecule has 0 atom stereocenters. The molecule has 1 saturated carbocycles. The first-order chi connectivity index (χ1) is 15.5. The summed E-state index contributed by atoms with van der Waals surface area (Å²) in [5.41, 5.74) is 9.30. The fourth-order valence-electron chi connectivity index (χ4n) is 5.17. The molecule has 6 rings (SSSR count). The number of hydrogen-bond acceptors (Lipinski definition) is 2. The maximum atomic E-state index is 13.5. The van der Waals surface area contributed by atoms with Crippen molar-refractivity contribution in [3.05, 3.63) is 95.6 Å². The van der Waals surface area contributed by atoms with Gasteiger partial charge in [-0.2, -0.15) is 0 Å². The van der Waals surface area contributed by atoms with E-state index in [-0.39, 0.29) is 11.4 Å². The molecule has 32 heavy (non-hydrogen) atoms. The first-order valence-electron chi connectivity index (χ1n) is 11.1. The Kier molecular flexibility index (Phi) is 3.97. The summed E-state index contributed by atoms with van der Waals surface area (Å²) in [5, 5.41) is 0. The number of fused-ring (bicyclic) bond motifs is 4. The molecule has 0 unspecified atom stereocenters. The van der Waals surface area contributed by atoms with Crippen LogP contribution in [0.4, 0.5) is 0 Å². The number of carbonyl (C=O) groups is 1. The number of pyridine rings is 1. The molecule has 0 radical (unpaired) electrons. The highest BCUT2D eigenvalue weighted by Gasteiger charge is 2.53. The largest absolute Gasteiger partial charge is 0.331 e. The minimum absolute atomic E-state index is 0.0793. The molecular formula is C28H25N3O. The lowest BCUT2D eigenvalue weighted by molar-refractivity contribution is 0.0705. The van der Waals surface area contributed by atoms with E-state index in [1.807, 2.05) is 43.1 Å². The number of nitrogens with zero attached hydrogens (tertiary/aromatic N) is 3. The normalized spacial score (nSPS) is 16.0. The van der Waals surface area contributed by atoms with Crippen molar-refractivity contribution in [3.8, 4) is 27.9 Å². The van der Waals surface area contributed by atoms with Gasteiger partial charge < -0.3 is 9.47 Å². The summed E-state index contributed by atoms with van der Waals surface area (Å²) in [7, 11) is 1.95. The lowest BCUT2D eigenvalue weighted by Crippen LogP contribution is -2.36. The Hall–Kier alpha value is -3.66. The van der Waals surface area contributed by atoms with Gasteiger partial charge in [0.2, 0.25) is 0 Å². The molecule has 3 heterocycles. The maximum absolute atomic E-state index is 13.5. The van der Waals surface area contributed by atoms with Crippen LogP contribution >= 0.6 is 0 Å². The number of rotatable bonds is 2. The van der Waals surface area contributed by atoms with Crippen LogP contribution in [-0.2, 0) is 5.54 Å². The number of hydrogen-bond donors (Lipinski definition) is 0. The van der Waals surface area contributed by atoms with Gasteiger partial charge >= 0.3 is 0 Å². The predicted octanol–water partition coefficient (Wildman–Crippen LogP) is 5.90. The lowest BCUT2D eigenvalue weighted by Gasteiger charge is -2.27. The Bertz CT molecular complexity index is 1380. The molecule has 1 spiro atoms. The molecule has 0 N–H and O–H groups in total. The third kappa shape index (κ3) is 2.69. The number of carbonyl (C=O) groups excluding carboxylic acids is 1. The standard InChI is InChI=1S/C28H25N3O/c1-18-9-11-23(19(2)29-18)21-10-12-24-25(15-21)31-17-22(20-7-5-4-6-8-20)16-26(31)27(32)30(3)28(24)13-14-28/h4-12,15-17H,13-14H2,1-3H3. The van der Waals surface area contributed by atoms with Crippen LogP contribution in [0, 0.1) is 13.8 Å². The third-order valence-electron chi connectivity index (χ3n) is 7.11. The quantitative estimate of drug-likeness (QED) is 0.406. The van der Waals surface area contributed by atoms with Crippen LogP contribution in [0.3, 0.4) is 0 Å². The van der Waals surface area contributed by atoms with E-state index in [1.165, 1.54) is 5.56 Å². The Labute approximate surface area is 188 Å². The minimum atomic E-state index is -0.197. The Morgan fingerprint density at radius 2 is 1.66 bits per heavy atom. The number of benzene rings is 2. The summed E-state index contributed by atoms with van der Waals surface area (Å²) in [6.07, 6.45) is 4.12. The number of aryl methyl sites for hydroxylation is 2. The lowest BCUT2D eigenvalue weighted by atomic mass is 9.96. The number of amides is 1. The van der Waals surface area contributed by atoms with Gasteiger partial charge in [-0.3, -0.25) is 9.78 Å². The average Bonchev–Trinajstić information content (AvgIpc) is 3.50. The van der Waals surface area contributed by atoms with Crippen molar-refractivity contribution in [2.45, 2.75) is 32.2 Å². The van der Waals surface area contributed by atoms with E-state index in [0.717, 1.165) is 52.2 Å². The first kappa shape index (κ1) is 19.1. The third-order valence-corrected chi connectivity index (χ3v) is 7.11. The molecule has 2 aliphatic rings. The first-order valence-corrected chi connectivity index (χ1v) is 11.1. The van der Waals surface area contributed by atoms with Gasteiger partial charge in [0.25, 0.3) is 5.91 Å². The van der Waals surface area contributed by atoms with E-state index in [4.69, 9.17) is 0 Å². The van der Waals surface area contributed by atoms with Crippen molar-refractivity contribution in [1.82, 2.24) is 14.5 Å². The molecule has 1 aliphatic carbocycles. The molecule has 0 saturated heterocycles. The highest BCUT2D eigenvalue weighted by molar-refractivity contribution is 5.97. The van der Waals surface area contributed by atoms with Crippen molar-refractivity contribution < 1.29 is 4.79 Å². The highest BCUT2D eigenvalue weighted by Crippen LogP contribution is 2.54. The smallest absolute Gasteiger partial charge is 0.271 e. The van der Waals surface area contributed by atoms with Crippen LogP contribution in [-0.4, -0.2) is 27.4 Å². The second-order valence-corrected chi connectivity index (χ2v) is 9.06. The van der Waals surface area contributed by atoms with E-state index in [0.29, 0.717) is 5.69 Å². The monoisotopic (exact) mass is 419 g/mol. The minimum Gasteiger partial charge on any atom is -0.331 e. The van der Waals surface area contributed by atoms with Crippen LogP contribution in [0.5, 0.6) is 0 Å². The molecule has 4 aromatic rings. The predicted molar refractivity (Wildman–Crippen MR) is 127 cm³/mol. The summed E-state index contributed by atoms with van der Waals surface area (Å²) in [6, 6.07) is 23.1. The Balaban J connectivity index is 1.60. The highest BCUT2D eigenvalue weighted by atomic mass is 16.2. The van der Waals surface area contributed by atoms with E-state index >= 15 is 0 Å². The fraction of sp³-hybridized carbons (Fsp3) is 0.214. The van der Waals surface area contributed by atoms with Crippen LogP contribution in [0.15, 0.2) is 72.9 Å². The van der Waals surface area contributed by atoms with Crippen molar-refractivity contribution in [2.75, 3.05) is 7.05 Å². The molecule has 4 nitrogen and oxygen atoms in total.